The standard InChI is InChI=1S/C33H34N4O5/c34-33(42)27(18-28-20-35-21-36-28)19-30(38)29(15-17-32(40)41)37-31(39)16-8-22-6-9-24(10-7-22)26-13-11-25(12-14-26)23-4-2-1-3-5-23/h1-7,9-14,20-21,27,29H,8,15-19H2,(H2,34,42)(H,35,36)(H,37,39)(H,40,41)/t27?,29-/m0/s1. The summed E-state index contributed by atoms with van der Waals surface area (Å²) in [4.78, 5) is 55.7. The number of hydrogen-bond donors (Lipinski definition) is 4. The zero-order valence-electron chi connectivity index (χ0n) is 23.2. The van der Waals surface area contributed by atoms with E-state index in [4.69, 9.17) is 10.8 Å². The van der Waals surface area contributed by atoms with Crippen LogP contribution in [0.25, 0.3) is 22.3 Å². The SMILES string of the molecule is NC(=O)C(CC(=O)[C@H](CCC(=O)O)NC(=O)CCc1ccc(-c2ccc(-c3ccccc3)cc2)cc1)Cc1cnc[nH]1. The Labute approximate surface area is 244 Å². The van der Waals surface area contributed by atoms with Crippen molar-refractivity contribution in [1.82, 2.24) is 15.3 Å². The van der Waals surface area contributed by atoms with Crippen molar-refractivity contribution >= 4 is 23.6 Å². The number of nitrogens with one attached hydrogen (secondary N) is 2. The van der Waals surface area contributed by atoms with E-state index in [1.165, 1.54) is 12.5 Å². The van der Waals surface area contributed by atoms with Crippen LogP contribution in [-0.2, 0) is 32.0 Å². The number of nitrogens with two attached hydrogens (primary N) is 1. The van der Waals surface area contributed by atoms with Crippen molar-refractivity contribution in [2.45, 2.75) is 44.6 Å². The molecule has 2 atom stereocenters. The Morgan fingerprint density at radius 2 is 1.43 bits per heavy atom. The topological polar surface area (TPSA) is 155 Å². The van der Waals surface area contributed by atoms with Crippen LogP contribution >= 0.6 is 0 Å². The van der Waals surface area contributed by atoms with Gasteiger partial charge in [-0.2, -0.15) is 0 Å². The zero-order valence-corrected chi connectivity index (χ0v) is 23.2. The van der Waals surface area contributed by atoms with Gasteiger partial charge in [-0.3, -0.25) is 19.2 Å². The van der Waals surface area contributed by atoms with Gasteiger partial charge >= 0.3 is 5.97 Å². The third-order valence-corrected chi connectivity index (χ3v) is 7.16. The van der Waals surface area contributed by atoms with Crippen molar-refractivity contribution < 1.29 is 24.3 Å². The Bertz CT molecular complexity index is 1480. The molecule has 5 N–H and O–H groups in total. The van der Waals surface area contributed by atoms with Gasteiger partial charge in [-0.05, 0) is 40.7 Å². The molecule has 0 aliphatic carbocycles. The summed E-state index contributed by atoms with van der Waals surface area (Å²) in [5.41, 5.74) is 11.6. The van der Waals surface area contributed by atoms with E-state index < -0.39 is 29.6 Å². The molecule has 0 aliphatic rings. The molecule has 9 nitrogen and oxygen atoms in total. The van der Waals surface area contributed by atoms with Crippen LogP contribution in [0.4, 0.5) is 0 Å². The third kappa shape index (κ3) is 8.72. The Kier molecular flexibility index (Phi) is 10.4. The molecule has 0 saturated carbocycles. The Morgan fingerprint density at radius 1 is 0.833 bits per heavy atom. The van der Waals surface area contributed by atoms with Crippen LogP contribution in [0.15, 0.2) is 91.4 Å². The summed E-state index contributed by atoms with van der Waals surface area (Å²) in [5, 5.41) is 11.8. The summed E-state index contributed by atoms with van der Waals surface area (Å²) in [5.74, 6) is -3.35. The molecule has 0 bridgehead atoms. The number of Topliss-reactive ketones (excluding diaryl/α,β-unsaturated/α-hetero) is 1. The number of aromatic amines is 1. The van der Waals surface area contributed by atoms with E-state index in [0.717, 1.165) is 27.8 Å². The normalized spacial score (nSPS) is 12.3. The average Bonchev–Trinajstić information content (AvgIpc) is 3.52. The van der Waals surface area contributed by atoms with E-state index in [-0.39, 0.29) is 38.0 Å². The fourth-order valence-corrected chi connectivity index (χ4v) is 4.78. The van der Waals surface area contributed by atoms with E-state index in [9.17, 15) is 19.2 Å². The van der Waals surface area contributed by atoms with Crippen molar-refractivity contribution in [1.29, 1.82) is 0 Å². The molecule has 1 heterocycles. The number of primary amides is 1. The molecule has 4 rings (SSSR count). The zero-order chi connectivity index (χ0) is 29.9. The van der Waals surface area contributed by atoms with Gasteiger partial charge in [-0.1, -0.05) is 78.9 Å². The molecule has 3 aromatic carbocycles. The molecule has 4 aromatic rings. The largest absolute Gasteiger partial charge is 0.481 e. The van der Waals surface area contributed by atoms with Crippen molar-refractivity contribution in [2.75, 3.05) is 0 Å². The molecule has 0 radical (unpaired) electrons. The first-order valence-corrected chi connectivity index (χ1v) is 13.8. The number of carboxylic acid groups (broad SMARTS) is 1. The van der Waals surface area contributed by atoms with Crippen LogP contribution in [-0.4, -0.2) is 44.7 Å². The Hall–Kier alpha value is -5.05. The number of carbonyl (C=O) groups is 4. The lowest BCUT2D eigenvalue weighted by Crippen LogP contribution is -2.43. The minimum absolute atomic E-state index is 0.0762. The number of ketones is 1. The monoisotopic (exact) mass is 566 g/mol. The highest BCUT2D eigenvalue weighted by Crippen LogP contribution is 2.25. The summed E-state index contributed by atoms with van der Waals surface area (Å²) in [7, 11) is 0. The maximum atomic E-state index is 13.0. The predicted molar refractivity (Wildman–Crippen MR) is 159 cm³/mol. The smallest absolute Gasteiger partial charge is 0.303 e. The van der Waals surface area contributed by atoms with Gasteiger partial charge in [0.1, 0.15) is 0 Å². The quantitative estimate of drug-likeness (QED) is 0.168. The number of aromatic nitrogens is 2. The fraction of sp³-hybridized carbons (Fsp3) is 0.242. The number of carbonyl (C=O) groups excluding carboxylic acids is 3. The van der Waals surface area contributed by atoms with Crippen LogP contribution in [0.3, 0.4) is 0 Å². The number of benzene rings is 3. The molecule has 42 heavy (non-hydrogen) atoms. The molecule has 0 saturated heterocycles. The summed E-state index contributed by atoms with van der Waals surface area (Å²) in [6.45, 7) is 0. The fourth-order valence-electron chi connectivity index (χ4n) is 4.78. The Morgan fingerprint density at radius 3 is 1.98 bits per heavy atom. The average molecular weight is 567 g/mol. The highest BCUT2D eigenvalue weighted by molar-refractivity contribution is 5.92. The first kappa shape index (κ1) is 29.9. The number of H-pyrrole nitrogens is 1. The van der Waals surface area contributed by atoms with Crippen molar-refractivity contribution in [2.24, 2.45) is 11.7 Å². The summed E-state index contributed by atoms with van der Waals surface area (Å²) in [6, 6.07) is 25.4. The van der Waals surface area contributed by atoms with Gasteiger partial charge in [0.25, 0.3) is 0 Å². The number of amides is 2. The molecular weight excluding hydrogens is 532 g/mol. The predicted octanol–water partition coefficient (Wildman–Crippen LogP) is 4.33. The van der Waals surface area contributed by atoms with Gasteiger partial charge in [-0.15, -0.1) is 0 Å². The van der Waals surface area contributed by atoms with E-state index in [1.54, 1.807) is 0 Å². The molecule has 0 fully saturated rings. The minimum atomic E-state index is -1.08. The lowest BCUT2D eigenvalue weighted by atomic mass is 9.92. The van der Waals surface area contributed by atoms with E-state index in [0.29, 0.717) is 12.1 Å². The second-order valence-corrected chi connectivity index (χ2v) is 10.2. The molecule has 1 unspecified atom stereocenters. The number of hydrogen-bond acceptors (Lipinski definition) is 5. The summed E-state index contributed by atoms with van der Waals surface area (Å²) in [6.07, 6.45) is 3.16. The summed E-state index contributed by atoms with van der Waals surface area (Å²) >= 11 is 0. The van der Waals surface area contributed by atoms with Gasteiger partial charge in [0.2, 0.25) is 11.8 Å². The molecule has 2 amide bonds. The van der Waals surface area contributed by atoms with Gasteiger partial charge in [-0.25, -0.2) is 4.98 Å². The van der Waals surface area contributed by atoms with Crippen molar-refractivity contribution in [3.63, 3.8) is 0 Å². The maximum Gasteiger partial charge on any atom is 0.303 e. The lowest BCUT2D eigenvalue weighted by molar-refractivity contribution is -0.138. The number of aryl methyl sites for hydroxylation is 1. The van der Waals surface area contributed by atoms with Gasteiger partial charge in [0, 0.05) is 37.6 Å². The van der Waals surface area contributed by atoms with E-state index >= 15 is 0 Å². The molecule has 216 valence electrons. The van der Waals surface area contributed by atoms with Crippen LogP contribution in [0.2, 0.25) is 0 Å². The highest BCUT2D eigenvalue weighted by Gasteiger charge is 2.27. The van der Waals surface area contributed by atoms with Crippen LogP contribution < -0.4 is 11.1 Å². The molecule has 0 aliphatic heterocycles. The Balaban J connectivity index is 1.32. The molecule has 9 heteroatoms. The van der Waals surface area contributed by atoms with Crippen molar-refractivity contribution in [3.8, 4) is 22.3 Å². The van der Waals surface area contributed by atoms with E-state index in [1.807, 2.05) is 42.5 Å². The van der Waals surface area contributed by atoms with Crippen LogP contribution in [0, 0.1) is 5.92 Å². The second-order valence-electron chi connectivity index (χ2n) is 10.2. The number of imidazole rings is 1. The van der Waals surface area contributed by atoms with Crippen LogP contribution in [0.5, 0.6) is 0 Å². The van der Waals surface area contributed by atoms with Crippen LogP contribution in [0.1, 0.15) is 36.9 Å². The number of nitrogens with zero attached hydrogens (tertiary/aromatic N) is 1. The third-order valence-electron chi connectivity index (χ3n) is 7.16. The first-order chi connectivity index (χ1) is 20.3. The summed E-state index contributed by atoms with van der Waals surface area (Å²) < 4.78 is 0. The van der Waals surface area contributed by atoms with Gasteiger partial charge in [0.15, 0.2) is 5.78 Å². The molecule has 1 aromatic heterocycles. The number of aliphatic carboxylic acids is 1. The van der Waals surface area contributed by atoms with Crippen molar-refractivity contribution in [3.05, 3.63) is 103 Å². The second kappa shape index (κ2) is 14.5. The lowest BCUT2D eigenvalue weighted by Gasteiger charge is -2.20. The molecular formula is C33H34N4O5. The maximum absolute atomic E-state index is 13.0. The number of carboxylic acids is 1. The number of rotatable bonds is 15. The van der Waals surface area contributed by atoms with Gasteiger partial charge < -0.3 is 21.1 Å². The highest BCUT2D eigenvalue weighted by atomic mass is 16.4. The minimum Gasteiger partial charge on any atom is -0.481 e. The molecule has 0 spiro atoms. The first-order valence-electron chi connectivity index (χ1n) is 13.8. The van der Waals surface area contributed by atoms with Gasteiger partial charge in [0.05, 0.1) is 18.3 Å². The van der Waals surface area contributed by atoms with E-state index in [2.05, 4.69) is 51.7 Å².